The Kier molecular flexibility index (Phi) is 5.88. The number of halogens is 1. The second-order valence-electron chi connectivity index (χ2n) is 5.38. The normalized spacial score (nSPS) is 10.7. The van der Waals surface area contributed by atoms with Gasteiger partial charge in [-0.1, -0.05) is 76.2 Å². The first kappa shape index (κ1) is 17.0. The lowest BCUT2D eigenvalue weighted by Gasteiger charge is -2.08. The fraction of sp³-hybridized carbons (Fsp3) is 0.158. The minimum atomic E-state index is 0.718. The number of benzene rings is 2. The van der Waals surface area contributed by atoms with E-state index in [-0.39, 0.29) is 0 Å². The Balaban J connectivity index is 1.76. The summed E-state index contributed by atoms with van der Waals surface area (Å²) in [6.45, 7) is 4.58. The summed E-state index contributed by atoms with van der Waals surface area (Å²) >= 11 is 5.21. The van der Waals surface area contributed by atoms with Gasteiger partial charge in [-0.2, -0.15) is 0 Å². The molecule has 1 aromatic heterocycles. The molecule has 122 valence electrons. The largest absolute Gasteiger partial charge is 0.302 e. The molecule has 0 spiro atoms. The molecule has 2 aromatic carbocycles. The highest BCUT2D eigenvalue weighted by atomic mass is 79.9. The van der Waals surface area contributed by atoms with Gasteiger partial charge in [-0.05, 0) is 23.3 Å². The third-order valence-electron chi connectivity index (χ3n) is 3.57. The van der Waals surface area contributed by atoms with Crippen LogP contribution >= 0.6 is 27.7 Å². The number of hydrogen-bond acceptors (Lipinski definition) is 3. The molecule has 0 N–H and O–H groups in total. The third-order valence-corrected chi connectivity index (χ3v) is 5.10. The molecule has 0 aliphatic heterocycles. The third kappa shape index (κ3) is 4.36. The summed E-state index contributed by atoms with van der Waals surface area (Å²) < 4.78 is 3.24. The SMILES string of the molecule is C=CCn1c(Cc2ccccc2)nnc1SCc1cccc(Br)c1. The smallest absolute Gasteiger partial charge is 0.191 e. The van der Waals surface area contributed by atoms with Crippen LogP contribution < -0.4 is 0 Å². The average Bonchev–Trinajstić information content (AvgIpc) is 2.96. The summed E-state index contributed by atoms with van der Waals surface area (Å²) in [4.78, 5) is 0. The molecular weight excluding hydrogens is 382 g/mol. The van der Waals surface area contributed by atoms with E-state index in [1.807, 2.05) is 30.3 Å². The number of nitrogens with zero attached hydrogens (tertiary/aromatic N) is 3. The van der Waals surface area contributed by atoms with E-state index in [1.54, 1.807) is 11.8 Å². The van der Waals surface area contributed by atoms with Crippen LogP contribution in [0.15, 0.2) is 76.9 Å². The second kappa shape index (κ2) is 8.31. The molecule has 1 heterocycles. The lowest BCUT2D eigenvalue weighted by molar-refractivity contribution is 0.690. The number of rotatable bonds is 7. The van der Waals surface area contributed by atoms with E-state index in [9.17, 15) is 0 Å². The molecule has 0 unspecified atom stereocenters. The van der Waals surface area contributed by atoms with E-state index in [0.717, 1.165) is 34.2 Å². The maximum atomic E-state index is 4.39. The molecular formula is C19H18BrN3S. The number of hydrogen-bond donors (Lipinski definition) is 0. The molecule has 3 aromatic rings. The topological polar surface area (TPSA) is 30.7 Å². The van der Waals surface area contributed by atoms with E-state index in [2.05, 4.69) is 67.6 Å². The van der Waals surface area contributed by atoms with Gasteiger partial charge in [0.15, 0.2) is 5.16 Å². The van der Waals surface area contributed by atoms with Crippen molar-refractivity contribution in [2.45, 2.75) is 23.9 Å². The van der Waals surface area contributed by atoms with Crippen molar-refractivity contribution in [1.29, 1.82) is 0 Å². The molecule has 0 saturated carbocycles. The number of allylic oxidation sites excluding steroid dienone is 1. The van der Waals surface area contributed by atoms with Crippen molar-refractivity contribution in [3.05, 3.63) is 88.7 Å². The molecule has 0 saturated heterocycles. The molecule has 0 amide bonds. The van der Waals surface area contributed by atoms with Crippen molar-refractivity contribution in [3.63, 3.8) is 0 Å². The van der Waals surface area contributed by atoms with Gasteiger partial charge in [-0.3, -0.25) is 0 Å². The Labute approximate surface area is 154 Å². The van der Waals surface area contributed by atoms with Crippen molar-refractivity contribution in [1.82, 2.24) is 14.8 Å². The Morgan fingerprint density at radius 3 is 2.58 bits per heavy atom. The highest BCUT2D eigenvalue weighted by Crippen LogP contribution is 2.24. The van der Waals surface area contributed by atoms with Crippen LogP contribution in [0.3, 0.4) is 0 Å². The van der Waals surface area contributed by atoms with Gasteiger partial charge in [0, 0.05) is 23.2 Å². The molecule has 3 nitrogen and oxygen atoms in total. The maximum absolute atomic E-state index is 4.39. The summed E-state index contributed by atoms with van der Waals surface area (Å²) in [5.74, 6) is 1.83. The summed E-state index contributed by atoms with van der Waals surface area (Å²) in [5, 5.41) is 9.71. The fourth-order valence-electron chi connectivity index (χ4n) is 2.42. The van der Waals surface area contributed by atoms with Crippen LogP contribution in [0.5, 0.6) is 0 Å². The predicted molar refractivity (Wildman–Crippen MR) is 103 cm³/mol. The zero-order valence-electron chi connectivity index (χ0n) is 13.2. The molecule has 24 heavy (non-hydrogen) atoms. The van der Waals surface area contributed by atoms with E-state index < -0.39 is 0 Å². The number of thioether (sulfide) groups is 1. The Hall–Kier alpha value is -1.85. The molecule has 0 bridgehead atoms. The Bertz CT molecular complexity index is 814. The summed E-state index contributed by atoms with van der Waals surface area (Å²) in [6, 6.07) is 18.7. The van der Waals surface area contributed by atoms with Crippen LogP contribution in [0.2, 0.25) is 0 Å². The predicted octanol–water partition coefficient (Wildman–Crippen LogP) is 5.11. The van der Waals surface area contributed by atoms with Gasteiger partial charge in [-0.15, -0.1) is 16.8 Å². The van der Waals surface area contributed by atoms with Gasteiger partial charge in [0.2, 0.25) is 0 Å². The zero-order valence-corrected chi connectivity index (χ0v) is 15.6. The molecule has 0 fully saturated rings. The summed E-state index contributed by atoms with van der Waals surface area (Å²) in [5.41, 5.74) is 2.49. The molecule has 0 atom stereocenters. The first-order valence-corrected chi connectivity index (χ1v) is 9.48. The van der Waals surface area contributed by atoms with Crippen LogP contribution in [0.25, 0.3) is 0 Å². The highest BCUT2D eigenvalue weighted by molar-refractivity contribution is 9.10. The zero-order chi connectivity index (χ0) is 16.8. The standard InChI is InChI=1S/C19H18BrN3S/c1-2-11-23-18(13-15-7-4-3-5-8-15)21-22-19(23)24-14-16-9-6-10-17(20)12-16/h2-10,12H,1,11,13-14H2. The van der Waals surface area contributed by atoms with Crippen molar-refractivity contribution >= 4 is 27.7 Å². The first-order chi connectivity index (χ1) is 11.8. The second-order valence-corrected chi connectivity index (χ2v) is 7.24. The van der Waals surface area contributed by atoms with Gasteiger partial charge in [-0.25, -0.2) is 0 Å². The molecule has 3 rings (SSSR count). The number of aromatic nitrogens is 3. The molecule has 5 heteroatoms. The minimum Gasteiger partial charge on any atom is -0.302 e. The maximum Gasteiger partial charge on any atom is 0.191 e. The lowest BCUT2D eigenvalue weighted by Crippen LogP contribution is -2.04. The summed E-state index contributed by atoms with van der Waals surface area (Å²) in [6.07, 6.45) is 2.67. The quantitative estimate of drug-likeness (QED) is 0.408. The van der Waals surface area contributed by atoms with Crippen LogP contribution in [0.4, 0.5) is 0 Å². The van der Waals surface area contributed by atoms with Gasteiger partial charge >= 0.3 is 0 Å². The van der Waals surface area contributed by atoms with E-state index in [0.29, 0.717) is 0 Å². The van der Waals surface area contributed by atoms with Crippen molar-refractivity contribution in [2.75, 3.05) is 0 Å². The van der Waals surface area contributed by atoms with E-state index >= 15 is 0 Å². The Morgan fingerprint density at radius 2 is 1.83 bits per heavy atom. The van der Waals surface area contributed by atoms with E-state index in [4.69, 9.17) is 0 Å². The van der Waals surface area contributed by atoms with Gasteiger partial charge in [0.1, 0.15) is 5.82 Å². The summed E-state index contributed by atoms with van der Waals surface area (Å²) in [7, 11) is 0. The van der Waals surface area contributed by atoms with E-state index in [1.165, 1.54) is 11.1 Å². The lowest BCUT2D eigenvalue weighted by atomic mass is 10.1. The Morgan fingerprint density at radius 1 is 1.04 bits per heavy atom. The van der Waals surface area contributed by atoms with Gasteiger partial charge < -0.3 is 4.57 Å². The highest BCUT2D eigenvalue weighted by Gasteiger charge is 2.12. The van der Waals surface area contributed by atoms with Crippen LogP contribution in [0, 0.1) is 0 Å². The van der Waals surface area contributed by atoms with Crippen LogP contribution in [-0.4, -0.2) is 14.8 Å². The van der Waals surface area contributed by atoms with Gasteiger partial charge in [0.05, 0.1) is 0 Å². The van der Waals surface area contributed by atoms with Crippen LogP contribution in [-0.2, 0) is 18.7 Å². The van der Waals surface area contributed by atoms with Crippen molar-refractivity contribution < 1.29 is 0 Å². The average molecular weight is 400 g/mol. The van der Waals surface area contributed by atoms with Crippen LogP contribution in [0.1, 0.15) is 17.0 Å². The first-order valence-electron chi connectivity index (χ1n) is 7.70. The monoisotopic (exact) mass is 399 g/mol. The van der Waals surface area contributed by atoms with Crippen molar-refractivity contribution in [2.24, 2.45) is 0 Å². The van der Waals surface area contributed by atoms with Gasteiger partial charge in [0.25, 0.3) is 0 Å². The fourth-order valence-corrected chi connectivity index (χ4v) is 3.78. The molecule has 0 aliphatic carbocycles. The minimum absolute atomic E-state index is 0.718. The molecule has 0 radical (unpaired) electrons. The van der Waals surface area contributed by atoms with Crippen molar-refractivity contribution in [3.8, 4) is 0 Å². The molecule has 0 aliphatic rings.